The Morgan fingerprint density at radius 2 is 1.97 bits per heavy atom. The molecule has 1 aromatic heterocycles. The number of carbonyl (C=O) groups excluding carboxylic acids is 2. The fourth-order valence-corrected chi connectivity index (χ4v) is 5.25. The van der Waals surface area contributed by atoms with Crippen LogP contribution in [0.15, 0.2) is 35.8 Å². The first-order valence-electron chi connectivity index (χ1n) is 11.1. The molecule has 1 saturated heterocycles. The Balaban J connectivity index is 1.47. The van der Waals surface area contributed by atoms with Gasteiger partial charge < -0.3 is 24.3 Å². The lowest BCUT2D eigenvalue weighted by Gasteiger charge is -2.45. The van der Waals surface area contributed by atoms with Crippen molar-refractivity contribution in [2.24, 2.45) is 5.92 Å². The molecule has 1 N–H and O–H groups in total. The molecule has 2 aliphatic heterocycles. The summed E-state index contributed by atoms with van der Waals surface area (Å²) in [5.41, 5.74) is -1.78. The third-order valence-electron chi connectivity index (χ3n) is 6.86. The van der Waals surface area contributed by atoms with Crippen molar-refractivity contribution in [3.8, 4) is 5.75 Å². The van der Waals surface area contributed by atoms with Crippen molar-refractivity contribution in [3.05, 3.63) is 75.5 Å². The number of amides is 2. The Morgan fingerprint density at radius 3 is 2.63 bits per heavy atom. The summed E-state index contributed by atoms with van der Waals surface area (Å²) < 4.78 is 53.8. The Bertz CT molecular complexity index is 1290. The zero-order valence-electron chi connectivity index (χ0n) is 18.7. The maximum absolute atomic E-state index is 13.9. The van der Waals surface area contributed by atoms with Crippen molar-refractivity contribution in [2.75, 3.05) is 7.11 Å². The first-order chi connectivity index (χ1) is 16.7. The highest BCUT2D eigenvalue weighted by Crippen LogP contribution is 2.42. The van der Waals surface area contributed by atoms with Gasteiger partial charge in [-0.3, -0.25) is 14.4 Å². The number of nitrogens with one attached hydrogen (secondary N) is 1. The highest BCUT2D eigenvalue weighted by atomic mass is 19.1. The van der Waals surface area contributed by atoms with Crippen LogP contribution < -0.4 is 15.5 Å². The van der Waals surface area contributed by atoms with Crippen LogP contribution in [0.25, 0.3) is 0 Å². The summed E-state index contributed by atoms with van der Waals surface area (Å²) in [7, 11) is 1.22. The summed E-state index contributed by atoms with van der Waals surface area (Å²) in [6.07, 6.45) is 3.82. The molecule has 3 aliphatic rings. The lowest BCUT2D eigenvalue weighted by atomic mass is 10.00. The normalized spacial score (nSPS) is 24.6. The topological polar surface area (TPSA) is 89.9 Å². The van der Waals surface area contributed by atoms with Crippen molar-refractivity contribution in [1.82, 2.24) is 14.8 Å². The molecule has 5 rings (SSSR count). The summed E-state index contributed by atoms with van der Waals surface area (Å²) in [5, 5.41) is 2.27. The second-order valence-corrected chi connectivity index (χ2v) is 8.80. The van der Waals surface area contributed by atoms with Gasteiger partial charge in [0.15, 0.2) is 17.7 Å². The van der Waals surface area contributed by atoms with E-state index in [-0.39, 0.29) is 41.6 Å². The highest BCUT2D eigenvalue weighted by Gasteiger charge is 2.51. The number of fused-ring (bicyclic) bond motifs is 5. The van der Waals surface area contributed by atoms with Crippen LogP contribution in [-0.4, -0.2) is 46.8 Å². The predicted molar refractivity (Wildman–Crippen MR) is 116 cm³/mol. The molecule has 1 aromatic carbocycles. The number of aromatic nitrogens is 1. The second-order valence-electron chi connectivity index (χ2n) is 8.80. The Kier molecular flexibility index (Phi) is 5.66. The van der Waals surface area contributed by atoms with Gasteiger partial charge in [0.2, 0.25) is 5.43 Å². The number of hydrogen-bond acceptors (Lipinski definition) is 5. The maximum Gasteiger partial charge on any atom is 0.276 e. The van der Waals surface area contributed by atoms with Crippen LogP contribution >= 0.6 is 0 Å². The van der Waals surface area contributed by atoms with Crippen LogP contribution in [0.4, 0.5) is 13.2 Å². The minimum Gasteiger partial charge on any atom is -0.491 e. The quantitative estimate of drug-likeness (QED) is 0.652. The van der Waals surface area contributed by atoms with E-state index in [9.17, 15) is 27.6 Å². The van der Waals surface area contributed by atoms with Crippen LogP contribution in [0, 0.1) is 23.4 Å². The molecule has 2 aromatic rings. The van der Waals surface area contributed by atoms with Crippen LogP contribution in [0.2, 0.25) is 0 Å². The summed E-state index contributed by atoms with van der Waals surface area (Å²) in [6.45, 7) is 3.40. The molecule has 8 nitrogen and oxygen atoms in total. The van der Waals surface area contributed by atoms with Gasteiger partial charge >= 0.3 is 0 Å². The summed E-state index contributed by atoms with van der Waals surface area (Å²) in [4.78, 5) is 41.0. The Labute approximate surface area is 197 Å². The number of rotatable bonds is 5. The number of ether oxygens (including phenoxy) is 2. The average Bonchev–Trinajstić information content (AvgIpc) is 3.13. The Hall–Kier alpha value is -3.60. The van der Waals surface area contributed by atoms with Gasteiger partial charge in [-0.1, -0.05) is 6.08 Å². The van der Waals surface area contributed by atoms with Gasteiger partial charge in [0.05, 0.1) is 19.8 Å². The third-order valence-corrected chi connectivity index (χ3v) is 6.86. The fourth-order valence-electron chi connectivity index (χ4n) is 5.25. The van der Waals surface area contributed by atoms with Gasteiger partial charge in [-0.15, -0.1) is 6.58 Å². The number of nitrogens with zero attached hydrogens (tertiary/aromatic N) is 2. The lowest BCUT2D eigenvalue weighted by Crippen LogP contribution is -2.58. The van der Waals surface area contributed by atoms with Crippen molar-refractivity contribution in [2.45, 2.75) is 44.3 Å². The second kappa shape index (κ2) is 8.56. The molecule has 1 saturated carbocycles. The summed E-state index contributed by atoms with van der Waals surface area (Å²) >= 11 is 0. The number of benzene rings is 1. The molecular formula is C24H22F3N3O5. The molecule has 2 bridgehead atoms. The van der Waals surface area contributed by atoms with Crippen LogP contribution in [-0.2, 0) is 17.8 Å². The standard InChI is InChI=1S/C24H22F3N3O5/c1-3-11-4-13-7-18(11)30-19(35-13)10-29-9-15(21(31)22(34-2)20(29)24(30)33)23(32)28-8-14-16(26)5-12(25)6-17(14)27/h3,5-6,9,11,13,18-19H,1,4,7-8,10H2,2H3,(H,28,32)/t11-,13-,18-,19?/m1/s1. The zero-order valence-corrected chi connectivity index (χ0v) is 18.7. The Morgan fingerprint density at radius 1 is 1.26 bits per heavy atom. The molecule has 11 heteroatoms. The fraction of sp³-hybridized carbons (Fsp3) is 0.375. The zero-order chi connectivity index (χ0) is 25.0. The van der Waals surface area contributed by atoms with Crippen molar-refractivity contribution in [3.63, 3.8) is 0 Å². The summed E-state index contributed by atoms with van der Waals surface area (Å²) in [5.74, 6) is -5.06. The number of pyridine rings is 1. The first-order valence-corrected chi connectivity index (χ1v) is 11.1. The SMILES string of the molecule is C=C[C@@H]1C[C@@H]2C[C@H]1N1C(=O)c3c(OC)c(=O)c(C(=O)NCc4c(F)cc(F)cc4F)cn3CC1O2. The molecule has 0 spiro atoms. The number of halogens is 3. The molecule has 4 atom stereocenters. The smallest absolute Gasteiger partial charge is 0.276 e. The number of methoxy groups -OCH3 is 1. The lowest BCUT2D eigenvalue weighted by molar-refractivity contribution is -0.133. The van der Waals surface area contributed by atoms with Gasteiger partial charge in [0.25, 0.3) is 11.8 Å². The van der Waals surface area contributed by atoms with E-state index in [1.807, 2.05) is 6.08 Å². The van der Waals surface area contributed by atoms with E-state index in [1.54, 1.807) is 4.90 Å². The van der Waals surface area contributed by atoms with Gasteiger partial charge in [-0.25, -0.2) is 13.2 Å². The molecular weight excluding hydrogens is 467 g/mol. The van der Waals surface area contributed by atoms with E-state index in [0.717, 1.165) is 6.42 Å². The molecule has 3 heterocycles. The molecule has 0 radical (unpaired) electrons. The van der Waals surface area contributed by atoms with E-state index >= 15 is 0 Å². The molecule has 184 valence electrons. The number of hydrogen-bond donors (Lipinski definition) is 1. The maximum atomic E-state index is 13.9. The largest absolute Gasteiger partial charge is 0.491 e. The van der Waals surface area contributed by atoms with Crippen LogP contribution in [0.3, 0.4) is 0 Å². The number of carbonyl (C=O) groups is 2. The average molecular weight is 489 g/mol. The van der Waals surface area contributed by atoms with Crippen molar-refractivity contribution >= 4 is 11.8 Å². The van der Waals surface area contributed by atoms with E-state index in [1.165, 1.54) is 17.9 Å². The van der Waals surface area contributed by atoms with Gasteiger partial charge in [-0.2, -0.15) is 0 Å². The van der Waals surface area contributed by atoms with Gasteiger partial charge in [0, 0.05) is 36.5 Å². The van der Waals surface area contributed by atoms with E-state index in [0.29, 0.717) is 18.6 Å². The van der Waals surface area contributed by atoms with E-state index in [4.69, 9.17) is 9.47 Å². The van der Waals surface area contributed by atoms with E-state index in [2.05, 4.69) is 11.9 Å². The van der Waals surface area contributed by atoms with Gasteiger partial charge in [0.1, 0.15) is 23.0 Å². The molecule has 2 amide bonds. The monoisotopic (exact) mass is 489 g/mol. The van der Waals surface area contributed by atoms with Crippen molar-refractivity contribution < 1.29 is 32.2 Å². The van der Waals surface area contributed by atoms with Crippen molar-refractivity contribution in [1.29, 1.82) is 0 Å². The molecule has 2 fully saturated rings. The minimum atomic E-state index is -1.17. The third kappa shape index (κ3) is 3.70. The van der Waals surface area contributed by atoms with Gasteiger partial charge in [-0.05, 0) is 18.8 Å². The minimum absolute atomic E-state index is 0.00214. The molecule has 1 aliphatic carbocycles. The van der Waals surface area contributed by atoms with E-state index < -0.39 is 53.0 Å². The summed E-state index contributed by atoms with van der Waals surface area (Å²) in [6, 6.07) is 0.876. The first kappa shape index (κ1) is 23.2. The molecule has 35 heavy (non-hydrogen) atoms. The predicted octanol–water partition coefficient (Wildman–Crippen LogP) is 2.35. The molecule has 1 unspecified atom stereocenters. The van der Waals surface area contributed by atoms with Crippen LogP contribution in [0.5, 0.6) is 5.75 Å². The van der Waals surface area contributed by atoms with Crippen LogP contribution in [0.1, 0.15) is 39.3 Å². The highest BCUT2D eigenvalue weighted by molar-refractivity contribution is 5.99.